The van der Waals surface area contributed by atoms with E-state index < -0.39 is 11.9 Å². The Balaban J connectivity index is 1.43. The summed E-state index contributed by atoms with van der Waals surface area (Å²) in [5.74, 6) is -1.15. The van der Waals surface area contributed by atoms with Crippen LogP contribution >= 0.6 is 23.1 Å². The molecule has 0 unspecified atom stereocenters. The average molecular weight is 485 g/mol. The number of carboxylic acid groups (broad SMARTS) is 1. The Morgan fingerprint density at radius 1 is 1.18 bits per heavy atom. The summed E-state index contributed by atoms with van der Waals surface area (Å²) in [6.07, 6.45) is 2.60. The number of thioether (sulfide) groups is 1. The minimum atomic E-state index is -0.986. The van der Waals surface area contributed by atoms with Crippen molar-refractivity contribution in [2.45, 2.75) is 50.9 Å². The second-order valence-electron chi connectivity index (χ2n) is 8.53. The minimum absolute atomic E-state index is 0.0976. The first-order valence-electron chi connectivity index (χ1n) is 11.0. The van der Waals surface area contributed by atoms with E-state index in [4.69, 9.17) is 0 Å². The van der Waals surface area contributed by atoms with Gasteiger partial charge in [0.25, 0.3) is 5.56 Å². The van der Waals surface area contributed by atoms with Crippen LogP contribution in [0.4, 0.5) is 0 Å². The van der Waals surface area contributed by atoms with Crippen molar-refractivity contribution in [2.75, 3.05) is 5.75 Å². The highest BCUT2D eigenvalue weighted by atomic mass is 32.2. The molecule has 0 aliphatic heterocycles. The minimum Gasteiger partial charge on any atom is -0.550 e. The maximum atomic E-state index is 13.2. The molecular weight excluding hydrogens is 458 g/mol. The summed E-state index contributed by atoms with van der Waals surface area (Å²) in [4.78, 5) is 41.4. The highest BCUT2D eigenvalue weighted by Gasteiger charge is 2.24. The van der Waals surface area contributed by atoms with Crippen molar-refractivity contribution in [3.05, 3.63) is 57.2 Å². The number of aromatic nitrogens is 2. The zero-order valence-corrected chi connectivity index (χ0v) is 20.0. The van der Waals surface area contributed by atoms with Gasteiger partial charge >= 0.3 is 0 Å². The molecule has 174 valence electrons. The predicted octanol–water partition coefficient (Wildman–Crippen LogP) is 2.73. The fourth-order valence-electron chi connectivity index (χ4n) is 4.12. The Bertz CT molecular complexity index is 1190. The number of amides is 1. The van der Waals surface area contributed by atoms with Gasteiger partial charge in [0.15, 0.2) is 5.16 Å². The number of hydrogen-bond donors (Lipinski definition) is 1. The molecule has 0 spiro atoms. The van der Waals surface area contributed by atoms with Gasteiger partial charge in [-0.3, -0.25) is 14.2 Å². The highest BCUT2D eigenvalue weighted by Crippen LogP contribution is 2.30. The number of hydrogen-bond acceptors (Lipinski definition) is 7. The molecule has 1 aliphatic rings. The van der Waals surface area contributed by atoms with Gasteiger partial charge in [0.2, 0.25) is 5.91 Å². The maximum absolute atomic E-state index is 13.2. The van der Waals surface area contributed by atoms with Crippen molar-refractivity contribution in [3.8, 4) is 0 Å². The summed E-state index contributed by atoms with van der Waals surface area (Å²) in [5, 5.41) is 16.4. The SMILES string of the molecule is Cc1ccc(CNC(=O)CSc2nc3ccsc3c(=O)n2CC2CCC(C(=O)[O-])CC2)cc1. The number of fused-ring (bicyclic) bond motifs is 1. The molecule has 4 rings (SSSR count). The van der Waals surface area contributed by atoms with E-state index in [1.54, 1.807) is 4.57 Å². The third-order valence-electron chi connectivity index (χ3n) is 6.09. The molecular formula is C24H26N3O4S2-. The van der Waals surface area contributed by atoms with Crippen molar-refractivity contribution in [2.24, 2.45) is 11.8 Å². The number of nitrogens with one attached hydrogen (secondary N) is 1. The van der Waals surface area contributed by atoms with E-state index in [0.717, 1.165) is 18.4 Å². The van der Waals surface area contributed by atoms with E-state index in [9.17, 15) is 19.5 Å². The lowest BCUT2D eigenvalue weighted by Gasteiger charge is -2.29. The molecule has 7 nitrogen and oxygen atoms in total. The van der Waals surface area contributed by atoms with Crippen molar-refractivity contribution in [3.63, 3.8) is 0 Å². The monoisotopic (exact) mass is 484 g/mol. The van der Waals surface area contributed by atoms with Crippen LogP contribution in [0.3, 0.4) is 0 Å². The maximum Gasteiger partial charge on any atom is 0.272 e. The molecule has 0 bridgehead atoms. The Labute approximate surface area is 200 Å². The molecule has 0 saturated heterocycles. The van der Waals surface area contributed by atoms with E-state index in [-0.39, 0.29) is 23.1 Å². The van der Waals surface area contributed by atoms with Gasteiger partial charge in [-0.2, -0.15) is 0 Å². The van der Waals surface area contributed by atoms with Crippen LogP contribution in [-0.4, -0.2) is 27.2 Å². The molecule has 1 aliphatic carbocycles. The van der Waals surface area contributed by atoms with E-state index in [2.05, 4.69) is 10.3 Å². The van der Waals surface area contributed by atoms with Gasteiger partial charge in [0.05, 0.1) is 11.3 Å². The molecule has 1 aromatic carbocycles. The third-order valence-corrected chi connectivity index (χ3v) is 7.96. The van der Waals surface area contributed by atoms with Crippen molar-refractivity contribution in [1.82, 2.24) is 14.9 Å². The van der Waals surface area contributed by atoms with E-state index in [0.29, 0.717) is 41.3 Å². The number of aliphatic carboxylic acids is 1. The number of rotatable bonds is 8. The normalized spacial score (nSPS) is 18.3. The highest BCUT2D eigenvalue weighted by molar-refractivity contribution is 7.99. The molecule has 33 heavy (non-hydrogen) atoms. The summed E-state index contributed by atoms with van der Waals surface area (Å²) < 4.78 is 2.27. The lowest BCUT2D eigenvalue weighted by molar-refractivity contribution is -0.312. The van der Waals surface area contributed by atoms with Crippen LogP contribution in [0.25, 0.3) is 10.2 Å². The van der Waals surface area contributed by atoms with Gasteiger partial charge in [-0.25, -0.2) is 4.98 Å². The number of thiophene rings is 1. The zero-order chi connectivity index (χ0) is 23.4. The Kier molecular flexibility index (Phi) is 7.49. The second-order valence-corrected chi connectivity index (χ2v) is 10.4. The molecule has 1 saturated carbocycles. The molecule has 0 radical (unpaired) electrons. The van der Waals surface area contributed by atoms with Crippen molar-refractivity contribution < 1.29 is 14.7 Å². The number of carbonyl (C=O) groups is 2. The van der Waals surface area contributed by atoms with Crippen LogP contribution in [0.2, 0.25) is 0 Å². The quantitative estimate of drug-likeness (QED) is 0.389. The predicted molar refractivity (Wildman–Crippen MR) is 128 cm³/mol. The number of carbonyl (C=O) groups excluding carboxylic acids is 2. The average Bonchev–Trinajstić information content (AvgIpc) is 3.28. The van der Waals surface area contributed by atoms with Crippen LogP contribution in [0.15, 0.2) is 45.7 Å². The summed E-state index contributed by atoms with van der Waals surface area (Å²) in [6, 6.07) is 9.81. The number of benzene rings is 1. The van der Waals surface area contributed by atoms with Gasteiger partial charge in [-0.15, -0.1) is 11.3 Å². The molecule has 0 atom stereocenters. The number of nitrogens with zero attached hydrogens (tertiary/aromatic N) is 2. The smallest absolute Gasteiger partial charge is 0.272 e. The summed E-state index contributed by atoms with van der Waals surface area (Å²) in [6.45, 7) is 2.95. The van der Waals surface area contributed by atoms with Crippen LogP contribution in [-0.2, 0) is 22.7 Å². The fraction of sp³-hybridized carbons (Fsp3) is 0.417. The Morgan fingerprint density at radius 2 is 1.91 bits per heavy atom. The van der Waals surface area contributed by atoms with Crippen molar-refractivity contribution in [1.29, 1.82) is 0 Å². The third kappa shape index (κ3) is 5.83. The molecule has 2 aromatic heterocycles. The molecule has 9 heteroatoms. The first-order valence-corrected chi connectivity index (χ1v) is 12.9. The first-order chi connectivity index (χ1) is 15.9. The van der Waals surface area contributed by atoms with Gasteiger partial charge in [-0.1, -0.05) is 41.6 Å². The number of carboxylic acids is 1. The molecule has 2 heterocycles. The Morgan fingerprint density at radius 3 is 2.61 bits per heavy atom. The van der Waals surface area contributed by atoms with Crippen LogP contribution in [0, 0.1) is 18.8 Å². The van der Waals surface area contributed by atoms with Crippen LogP contribution < -0.4 is 16.0 Å². The Hall–Kier alpha value is -2.65. The summed E-state index contributed by atoms with van der Waals surface area (Å²) >= 11 is 2.62. The molecule has 1 amide bonds. The van der Waals surface area contributed by atoms with Gasteiger partial charge in [0, 0.05) is 19.1 Å². The van der Waals surface area contributed by atoms with Gasteiger partial charge in [0.1, 0.15) is 4.70 Å². The van der Waals surface area contributed by atoms with E-state index >= 15 is 0 Å². The zero-order valence-electron chi connectivity index (χ0n) is 18.4. The number of aryl methyl sites for hydroxylation is 1. The first kappa shape index (κ1) is 23.5. The standard InChI is InChI=1S/C24H27N3O4S2/c1-15-2-4-16(5-3-15)12-25-20(28)14-33-24-26-19-10-11-32-21(19)22(29)27(24)13-17-6-8-18(9-7-17)23(30)31/h2-5,10-11,17-18H,6-9,12-14H2,1H3,(H,25,28)(H,30,31)/p-1. The summed E-state index contributed by atoms with van der Waals surface area (Å²) in [7, 11) is 0. The van der Waals surface area contributed by atoms with Crippen LogP contribution in [0.5, 0.6) is 0 Å². The van der Waals surface area contributed by atoms with E-state index in [1.807, 2.05) is 42.6 Å². The molecule has 1 N–H and O–H groups in total. The lowest BCUT2D eigenvalue weighted by atomic mass is 9.82. The van der Waals surface area contributed by atoms with Gasteiger partial charge in [-0.05, 0) is 61.5 Å². The lowest BCUT2D eigenvalue weighted by Crippen LogP contribution is -2.35. The van der Waals surface area contributed by atoms with E-state index in [1.165, 1.54) is 28.7 Å². The summed E-state index contributed by atoms with van der Waals surface area (Å²) in [5.41, 5.74) is 2.74. The van der Waals surface area contributed by atoms with Crippen LogP contribution in [0.1, 0.15) is 36.8 Å². The largest absolute Gasteiger partial charge is 0.550 e. The fourth-order valence-corrected chi connectivity index (χ4v) is 5.74. The van der Waals surface area contributed by atoms with Gasteiger partial charge < -0.3 is 15.2 Å². The second kappa shape index (κ2) is 10.5. The molecule has 3 aromatic rings. The van der Waals surface area contributed by atoms with Crippen molar-refractivity contribution >= 4 is 45.2 Å². The topological polar surface area (TPSA) is 104 Å². The molecule has 1 fully saturated rings.